The van der Waals surface area contributed by atoms with E-state index in [0.29, 0.717) is 31.6 Å². The van der Waals surface area contributed by atoms with E-state index in [1.165, 1.54) is 24.3 Å². The summed E-state index contributed by atoms with van der Waals surface area (Å²) in [5.74, 6) is -1.03. The van der Waals surface area contributed by atoms with Crippen LogP contribution in [0.2, 0.25) is 0 Å². The predicted molar refractivity (Wildman–Crippen MR) is 110 cm³/mol. The molecular formula is C21H19F3N6O2. The number of aromatic nitrogens is 2. The number of anilines is 1. The number of aliphatic imine (C=N–C) groups is 1. The summed E-state index contributed by atoms with van der Waals surface area (Å²) in [6.45, 7) is 0.883. The fourth-order valence-electron chi connectivity index (χ4n) is 2.98. The maximum atomic E-state index is 13.5. The van der Waals surface area contributed by atoms with Gasteiger partial charge in [0.2, 0.25) is 0 Å². The highest BCUT2D eigenvalue weighted by Gasteiger charge is 2.35. The average molecular weight is 444 g/mol. The second-order valence-electron chi connectivity index (χ2n) is 6.95. The lowest BCUT2D eigenvalue weighted by atomic mass is 9.96. The molecule has 0 aliphatic carbocycles. The zero-order valence-corrected chi connectivity index (χ0v) is 16.8. The number of amides is 1. The number of alkyl halides is 3. The van der Waals surface area contributed by atoms with Crippen molar-refractivity contribution in [2.45, 2.75) is 19.0 Å². The molecule has 166 valence electrons. The van der Waals surface area contributed by atoms with Crippen LogP contribution in [0.1, 0.15) is 28.8 Å². The molecule has 11 heteroatoms. The fraction of sp³-hybridized carbons (Fsp3) is 0.286. The number of carbonyl (C=O) groups excluding carboxylic acids is 1. The lowest BCUT2D eigenvalue weighted by molar-refractivity contribution is -0.0577. The molecule has 32 heavy (non-hydrogen) atoms. The van der Waals surface area contributed by atoms with Gasteiger partial charge < -0.3 is 15.8 Å². The number of nitrogens with zero attached hydrogens (tertiary/aromatic N) is 4. The third kappa shape index (κ3) is 6.12. The van der Waals surface area contributed by atoms with Crippen LogP contribution in [0, 0.1) is 17.2 Å². The van der Waals surface area contributed by atoms with Gasteiger partial charge in [0, 0.05) is 30.4 Å². The van der Waals surface area contributed by atoms with Crippen molar-refractivity contribution in [2.24, 2.45) is 16.6 Å². The molecule has 1 aromatic carbocycles. The van der Waals surface area contributed by atoms with Crippen LogP contribution in [-0.2, 0) is 4.74 Å². The minimum absolute atomic E-state index is 0.0159. The Morgan fingerprint density at radius 2 is 2.00 bits per heavy atom. The number of halogens is 3. The number of nitrogens with two attached hydrogens (primary N) is 1. The summed E-state index contributed by atoms with van der Waals surface area (Å²) < 4.78 is 45.5. The summed E-state index contributed by atoms with van der Waals surface area (Å²) in [5, 5.41) is 18.7. The van der Waals surface area contributed by atoms with E-state index >= 15 is 0 Å². The first-order valence-corrected chi connectivity index (χ1v) is 9.62. The maximum absolute atomic E-state index is 13.5. The van der Waals surface area contributed by atoms with Crippen LogP contribution in [-0.4, -0.2) is 41.2 Å². The topological polar surface area (TPSA) is 126 Å². The van der Waals surface area contributed by atoms with Crippen molar-refractivity contribution in [1.29, 1.82) is 5.26 Å². The molecule has 1 aromatic heterocycles. The third-order valence-electron chi connectivity index (χ3n) is 4.67. The Morgan fingerprint density at radius 3 is 2.62 bits per heavy atom. The standard InChI is InChI=1S/C21H19F3N6O2/c22-21(23,24)17(11-16(26)14-6-8-32-9-7-14)27-18-4-5-19(30-29-18)28-20(31)15-3-1-2-13(10-15)12-25/h1-5,10-11,14H,6-9,26H2,(H,28,30,31). The number of carbonyl (C=O) groups is 1. The number of hydrogen-bond acceptors (Lipinski definition) is 7. The van der Waals surface area contributed by atoms with Gasteiger partial charge >= 0.3 is 6.18 Å². The van der Waals surface area contributed by atoms with E-state index in [1.54, 1.807) is 12.1 Å². The molecule has 8 nitrogen and oxygen atoms in total. The van der Waals surface area contributed by atoms with Crippen LogP contribution in [0.3, 0.4) is 0 Å². The van der Waals surface area contributed by atoms with Crippen LogP contribution in [0.25, 0.3) is 0 Å². The van der Waals surface area contributed by atoms with Gasteiger partial charge in [0.05, 0.1) is 11.6 Å². The number of hydrogen-bond donors (Lipinski definition) is 2. The summed E-state index contributed by atoms with van der Waals surface area (Å²) in [6.07, 6.45) is -2.84. The number of rotatable bonds is 5. The monoisotopic (exact) mass is 444 g/mol. The average Bonchev–Trinajstić information content (AvgIpc) is 2.79. The van der Waals surface area contributed by atoms with Gasteiger partial charge in [-0.1, -0.05) is 6.07 Å². The van der Waals surface area contributed by atoms with Crippen LogP contribution in [0.4, 0.5) is 24.8 Å². The molecule has 1 amide bonds. The van der Waals surface area contributed by atoms with Crippen LogP contribution >= 0.6 is 0 Å². The van der Waals surface area contributed by atoms with Gasteiger partial charge in [0.15, 0.2) is 11.6 Å². The second-order valence-corrected chi connectivity index (χ2v) is 6.95. The Labute approximate surface area is 181 Å². The van der Waals surface area contributed by atoms with Crippen LogP contribution in [0.15, 0.2) is 53.2 Å². The van der Waals surface area contributed by atoms with E-state index in [-0.39, 0.29) is 28.8 Å². The second kappa shape index (κ2) is 10.0. The van der Waals surface area contributed by atoms with Crippen LogP contribution in [0.5, 0.6) is 0 Å². The summed E-state index contributed by atoms with van der Waals surface area (Å²) >= 11 is 0. The summed E-state index contributed by atoms with van der Waals surface area (Å²) in [6, 6.07) is 10.4. The minimum Gasteiger partial charge on any atom is -0.402 e. The van der Waals surface area contributed by atoms with Gasteiger partial charge in [-0.15, -0.1) is 10.2 Å². The smallest absolute Gasteiger partial charge is 0.402 e. The van der Waals surface area contributed by atoms with Crippen molar-refractivity contribution in [3.05, 3.63) is 59.3 Å². The molecule has 3 rings (SSSR count). The van der Waals surface area contributed by atoms with Crippen molar-refractivity contribution < 1.29 is 22.7 Å². The van der Waals surface area contributed by atoms with Gasteiger partial charge in [-0.05, 0) is 49.2 Å². The highest BCUT2D eigenvalue weighted by Crippen LogP contribution is 2.25. The van der Waals surface area contributed by atoms with Crippen molar-refractivity contribution in [3.8, 4) is 6.07 Å². The first-order valence-electron chi connectivity index (χ1n) is 9.62. The van der Waals surface area contributed by atoms with Gasteiger partial charge in [-0.2, -0.15) is 18.4 Å². The zero-order chi connectivity index (χ0) is 23.1. The molecule has 1 fully saturated rings. The summed E-state index contributed by atoms with van der Waals surface area (Å²) in [4.78, 5) is 15.8. The largest absolute Gasteiger partial charge is 0.433 e. The van der Waals surface area contributed by atoms with Crippen molar-refractivity contribution in [3.63, 3.8) is 0 Å². The number of ether oxygens (including phenoxy) is 1. The Bertz CT molecular complexity index is 1070. The first kappa shape index (κ1) is 22.9. The summed E-state index contributed by atoms with van der Waals surface area (Å²) in [5.41, 5.74) is 5.30. The Kier molecular flexibility index (Phi) is 7.17. The van der Waals surface area contributed by atoms with E-state index in [9.17, 15) is 18.0 Å². The first-order chi connectivity index (χ1) is 15.3. The molecular weight excluding hydrogens is 425 g/mol. The normalized spacial score (nSPS) is 15.8. The highest BCUT2D eigenvalue weighted by molar-refractivity contribution is 6.04. The maximum Gasteiger partial charge on any atom is 0.433 e. The van der Waals surface area contributed by atoms with Crippen LogP contribution < -0.4 is 11.1 Å². The van der Waals surface area contributed by atoms with Gasteiger partial charge in [0.1, 0.15) is 5.71 Å². The molecule has 0 unspecified atom stereocenters. The number of benzene rings is 1. The third-order valence-corrected chi connectivity index (χ3v) is 4.67. The molecule has 3 N–H and O–H groups in total. The number of nitriles is 1. The van der Waals surface area contributed by atoms with Crippen molar-refractivity contribution >= 4 is 23.3 Å². The highest BCUT2D eigenvalue weighted by atomic mass is 19.4. The van der Waals surface area contributed by atoms with Crippen molar-refractivity contribution in [1.82, 2.24) is 10.2 Å². The molecule has 2 heterocycles. The molecule has 0 radical (unpaired) electrons. The predicted octanol–water partition coefficient (Wildman–Crippen LogP) is 3.50. The Hall–Kier alpha value is -3.78. The molecule has 0 bridgehead atoms. The molecule has 1 aliphatic heterocycles. The van der Waals surface area contributed by atoms with Gasteiger partial charge in [0.25, 0.3) is 5.91 Å². The molecule has 0 spiro atoms. The lowest BCUT2D eigenvalue weighted by Gasteiger charge is -2.22. The van der Waals surface area contributed by atoms with E-state index in [0.717, 1.165) is 6.08 Å². The van der Waals surface area contributed by atoms with E-state index in [4.69, 9.17) is 15.7 Å². The quantitative estimate of drug-likeness (QED) is 0.680. The zero-order valence-electron chi connectivity index (χ0n) is 16.8. The Morgan fingerprint density at radius 1 is 1.25 bits per heavy atom. The van der Waals surface area contributed by atoms with Gasteiger partial charge in [-0.25, -0.2) is 4.99 Å². The lowest BCUT2D eigenvalue weighted by Crippen LogP contribution is -2.26. The van der Waals surface area contributed by atoms with Gasteiger partial charge in [-0.3, -0.25) is 4.79 Å². The number of nitrogens with one attached hydrogen (secondary N) is 1. The molecule has 1 saturated heterocycles. The Balaban J connectivity index is 1.76. The van der Waals surface area contributed by atoms with E-state index in [2.05, 4.69) is 20.5 Å². The van der Waals surface area contributed by atoms with E-state index in [1.807, 2.05) is 6.07 Å². The summed E-state index contributed by atoms with van der Waals surface area (Å²) in [7, 11) is 0. The fourth-order valence-corrected chi connectivity index (χ4v) is 2.98. The van der Waals surface area contributed by atoms with E-state index < -0.39 is 17.8 Å². The molecule has 1 aliphatic rings. The molecule has 2 aromatic rings. The van der Waals surface area contributed by atoms with Crippen molar-refractivity contribution in [2.75, 3.05) is 18.5 Å². The SMILES string of the molecule is N#Cc1cccc(C(=O)Nc2ccc(N=C(C=C(N)C3CCOCC3)C(F)(F)F)nn2)c1. The molecule has 0 atom stereocenters. The minimum atomic E-state index is -4.74. The number of allylic oxidation sites excluding steroid dienone is 2. The molecule has 0 saturated carbocycles.